The lowest BCUT2D eigenvalue weighted by Gasteiger charge is -2.24. The Morgan fingerprint density at radius 1 is 1.65 bits per heavy atom. The van der Waals surface area contributed by atoms with Crippen molar-refractivity contribution >= 4 is 0 Å². The average molecular weight is 237 g/mol. The Labute approximate surface area is 103 Å². The fourth-order valence-corrected chi connectivity index (χ4v) is 2.36. The third-order valence-electron chi connectivity index (χ3n) is 3.71. The lowest BCUT2D eigenvalue weighted by Crippen LogP contribution is -2.31. The van der Waals surface area contributed by atoms with Gasteiger partial charge in [-0.25, -0.2) is 0 Å². The smallest absolute Gasteiger partial charge is 0.0540 e. The number of aryl methyl sites for hydroxylation is 1. The topological polar surface area (TPSA) is 39.1 Å². The number of rotatable bonds is 4. The quantitative estimate of drug-likeness (QED) is 0.868. The zero-order valence-electron chi connectivity index (χ0n) is 11.1. The molecule has 4 heteroatoms. The van der Waals surface area contributed by atoms with Gasteiger partial charge in [0.15, 0.2) is 0 Å². The van der Waals surface area contributed by atoms with Crippen molar-refractivity contribution in [3.63, 3.8) is 0 Å². The minimum atomic E-state index is 0.366. The summed E-state index contributed by atoms with van der Waals surface area (Å²) in [7, 11) is 1.99. The van der Waals surface area contributed by atoms with Crippen molar-refractivity contribution in [3.05, 3.63) is 17.5 Å². The molecule has 1 aromatic rings. The number of hydrogen-bond donors (Lipinski definition) is 1. The monoisotopic (exact) mass is 237 g/mol. The van der Waals surface area contributed by atoms with Gasteiger partial charge in [0.25, 0.3) is 0 Å². The first-order valence-electron chi connectivity index (χ1n) is 6.48. The highest BCUT2D eigenvalue weighted by Crippen LogP contribution is 2.18. The van der Waals surface area contributed by atoms with Crippen LogP contribution in [-0.4, -0.2) is 29.5 Å². The summed E-state index contributed by atoms with van der Waals surface area (Å²) >= 11 is 0. The van der Waals surface area contributed by atoms with Gasteiger partial charge in [-0.05, 0) is 32.6 Å². The molecular formula is C13H23N3O. The molecule has 2 unspecified atom stereocenters. The molecule has 2 atom stereocenters. The van der Waals surface area contributed by atoms with E-state index < -0.39 is 0 Å². The molecule has 96 valence electrons. The van der Waals surface area contributed by atoms with Crippen LogP contribution in [-0.2, 0) is 11.8 Å². The number of nitrogens with zero attached hydrogens (tertiary/aromatic N) is 2. The van der Waals surface area contributed by atoms with Crippen LogP contribution in [0.2, 0.25) is 0 Å². The summed E-state index contributed by atoms with van der Waals surface area (Å²) in [6.07, 6.45) is 4.45. The van der Waals surface area contributed by atoms with Crippen LogP contribution in [0.4, 0.5) is 0 Å². The molecule has 2 rings (SSSR count). The summed E-state index contributed by atoms with van der Waals surface area (Å²) in [5.41, 5.74) is 2.54. The van der Waals surface area contributed by atoms with Crippen molar-refractivity contribution in [1.29, 1.82) is 0 Å². The maximum atomic E-state index is 5.49. The highest BCUT2D eigenvalue weighted by atomic mass is 16.5. The Kier molecular flexibility index (Phi) is 4.18. The van der Waals surface area contributed by atoms with Crippen LogP contribution >= 0.6 is 0 Å². The molecule has 1 aliphatic heterocycles. The fourth-order valence-electron chi connectivity index (χ4n) is 2.36. The molecule has 0 spiro atoms. The highest BCUT2D eigenvalue weighted by Gasteiger charge is 2.16. The number of nitrogens with one attached hydrogen (secondary N) is 1. The number of aromatic nitrogens is 2. The van der Waals surface area contributed by atoms with Gasteiger partial charge >= 0.3 is 0 Å². The summed E-state index contributed by atoms with van der Waals surface area (Å²) < 4.78 is 7.42. The van der Waals surface area contributed by atoms with Gasteiger partial charge in [0, 0.05) is 37.5 Å². The van der Waals surface area contributed by atoms with Crippen LogP contribution in [0.5, 0.6) is 0 Å². The SMILES string of the molecule is Cc1c(C(C)NCC2CCCOC2)cnn1C. The summed E-state index contributed by atoms with van der Waals surface area (Å²) in [6.45, 7) is 7.20. The maximum Gasteiger partial charge on any atom is 0.0540 e. The first kappa shape index (κ1) is 12.6. The summed E-state index contributed by atoms with van der Waals surface area (Å²) in [5.74, 6) is 0.670. The van der Waals surface area contributed by atoms with Crippen molar-refractivity contribution in [3.8, 4) is 0 Å². The Bertz CT molecular complexity index is 356. The van der Waals surface area contributed by atoms with E-state index in [0.717, 1.165) is 19.8 Å². The Hall–Kier alpha value is -0.870. The zero-order valence-corrected chi connectivity index (χ0v) is 11.1. The molecule has 1 aromatic heterocycles. The van der Waals surface area contributed by atoms with Crippen molar-refractivity contribution in [2.45, 2.75) is 32.7 Å². The molecule has 1 saturated heterocycles. The Balaban J connectivity index is 1.84. The molecule has 4 nitrogen and oxygen atoms in total. The first-order valence-corrected chi connectivity index (χ1v) is 6.48. The summed E-state index contributed by atoms with van der Waals surface area (Å²) in [4.78, 5) is 0. The third-order valence-corrected chi connectivity index (χ3v) is 3.71. The minimum Gasteiger partial charge on any atom is -0.381 e. The second-order valence-corrected chi connectivity index (χ2v) is 5.02. The second-order valence-electron chi connectivity index (χ2n) is 5.02. The van der Waals surface area contributed by atoms with Gasteiger partial charge in [0.2, 0.25) is 0 Å². The Morgan fingerprint density at radius 2 is 2.47 bits per heavy atom. The molecule has 17 heavy (non-hydrogen) atoms. The van der Waals surface area contributed by atoms with Crippen molar-refractivity contribution in [2.24, 2.45) is 13.0 Å². The van der Waals surface area contributed by atoms with E-state index in [-0.39, 0.29) is 0 Å². The van der Waals surface area contributed by atoms with Crippen LogP contribution in [0, 0.1) is 12.8 Å². The van der Waals surface area contributed by atoms with Crippen LogP contribution < -0.4 is 5.32 Å². The van der Waals surface area contributed by atoms with Crippen molar-refractivity contribution < 1.29 is 4.74 Å². The molecule has 1 fully saturated rings. The van der Waals surface area contributed by atoms with E-state index in [0.29, 0.717) is 12.0 Å². The van der Waals surface area contributed by atoms with Gasteiger partial charge in [0.1, 0.15) is 0 Å². The lowest BCUT2D eigenvalue weighted by atomic mass is 10.0. The van der Waals surface area contributed by atoms with Crippen LogP contribution in [0.3, 0.4) is 0 Å². The molecule has 1 aliphatic rings. The van der Waals surface area contributed by atoms with Gasteiger partial charge in [-0.3, -0.25) is 4.68 Å². The first-order chi connectivity index (χ1) is 8.18. The van der Waals surface area contributed by atoms with E-state index in [4.69, 9.17) is 4.74 Å². The molecular weight excluding hydrogens is 214 g/mol. The molecule has 0 saturated carbocycles. The Morgan fingerprint density at radius 3 is 3.06 bits per heavy atom. The van der Waals surface area contributed by atoms with Crippen molar-refractivity contribution in [2.75, 3.05) is 19.8 Å². The standard InChI is InChI=1S/C13H23N3O/c1-10(13-8-15-16(3)11(13)2)14-7-12-5-4-6-17-9-12/h8,10,12,14H,4-7,9H2,1-3H3. The van der Waals surface area contributed by atoms with E-state index in [2.05, 4.69) is 24.3 Å². The van der Waals surface area contributed by atoms with Crippen LogP contribution in [0.1, 0.15) is 37.1 Å². The number of ether oxygens (including phenoxy) is 1. The van der Waals surface area contributed by atoms with Crippen LogP contribution in [0.15, 0.2) is 6.20 Å². The molecule has 2 heterocycles. The van der Waals surface area contributed by atoms with E-state index in [1.54, 1.807) is 0 Å². The molecule has 0 bridgehead atoms. The third kappa shape index (κ3) is 3.07. The molecule has 0 aromatic carbocycles. The van der Waals surface area contributed by atoms with Gasteiger partial charge in [-0.15, -0.1) is 0 Å². The zero-order chi connectivity index (χ0) is 12.3. The van der Waals surface area contributed by atoms with Crippen LogP contribution in [0.25, 0.3) is 0 Å². The van der Waals surface area contributed by atoms with Crippen molar-refractivity contribution in [1.82, 2.24) is 15.1 Å². The summed E-state index contributed by atoms with van der Waals surface area (Å²) in [6, 6.07) is 0.366. The van der Waals surface area contributed by atoms with Gasteiger partial charge in [-0.2, -0.15) is 5.10 Å². The van der Waals surface area contributed by atoms with E-state index in [1.165, 1.54) is 24.1 Å². The van der Waals surface area contributed by atoms with E-state index >= 15 is 0 Å². The van der Waals surface area contributed by atoms with Gasteiger partial charge < -0.3 is 10.1 Å². The predicted octanol–water partition coefficient (Wildman–Crippen LogP) is 1.81. The molecule has 0 aliphatic carbocycles. The minimum absolute atomic E-state index is 0.366. The summed E-state index contributed by atoms with van der Waals surface area (Å²) in [5, 5.41) is 7.87. The maximum absolute atomic E-state index is 5.49. The number of hydrogen-bond acceptors (Lipinski definition) is 3. The average Bonchev–Trinajstić information content (AvgIpc) is 2.69. The largest absolute Gasteiger partial charge is 0.381 e. The van der Waals surface area contributed by atoms with E-state index in [9.17, 15) is 0 Å². The normalized spacial score (nSPS) is 22.6. The molecule has 0 amide bonds. The lowest BCUT2D eigenvalue weighted by molar-refractivity contribution is 0.0540. The van der Waals surface area contributed by atoms with Gasteiger partial charge in [0.05, 0.1) is 12.8 Å². The van der Waals surface area contributed by atoms with Gasteiger partial charge in [-0.1, -0.05) is 0 Å². The van der Waals surface area contributed by atoms with E-state index in [1.807, 2.05) is 17.9 Å². The highest BCUT2D eigenvalue weighted by molar-refractivity contribution is 5.19. The second kappa shape index (κ2) is 5.65. The molecule has 1 N–H and O–H groups in total. The fraction of sp³-hybridized carbons (Fsp3) is 0.769. The molecule has 0 radical (unpaired) electrons. The predicted molar refractivity (Wildman–Crippen MR) is 67.9 cm³/mol.